The molecule has 0 saturated heterocycles. The fourth-order valence-corrected chi connectivity index (χ4v) is 4.70. The van der Waals surface area contributed by atoms with Crippen molar-refractivity contribution in [3.8, 4) is 5.75 Å². The molecule has 30 heavy (non-hydrogen) atoms. The monoisotopic (exact) mass is 633 g/mol. The lowest BCUT2D eigenvalue weighted by Gasteiger charge is -2.16. The second-order valence-electron chi connectivity index (χ2n) is 6.16. The molecule has 1 atom stereocenters. The van der Waals surface area contributed by atoms with Crippen molar-refractivity contribution in [2.24, 2.45) is 5.10 Å². The van der Waals surface area contributed by atoms with E-state index in [1.165, 1.54) is 6.21 Å². The number of carbonyl (C=O) groups is 1. The lowest BCUT2D eigenvalue weighted by atomic mass is 10.2. The summed E-state index contributed by atoms with van der Waals surface area (Å²) >= 11 is 4.18. The number of aromatic nitrogens is 2. The molecule has 0 aliphatic rings. The minimum atomic E-state index is -0.749. The molecule has 156 valence electrons. The molecule has 0 fully saturated rings. The van der Waals surface area contributed by atoms with Crippen molar-refractivity contribution in [3.05, 3.63) is 69.9 Å². The van der Waals surface area contributed by atoms with Gasteiger partial charge in [0.1, 0.15) is 5.75 Å². The summed E-state index contributed by atoms with van der Waals surface area (Å²) in [5.74, 6) is 0.110. The summed E-state index contributed by atoms with van der Waals surface area (Å²) in [6.07, 6.45) is 0.676. The van der Waals surface area contributed by atoms with Crippen molar-refractivity contribution in [2.45, 2.75) is 20.0 Å². The second-order valence-corrected chi connectivity index (χ2v) is 8.49. The van der Waals surface area contributed by atoms with Gasteiger partial charge in [0.25, 0.3) is 5.56 Å². The van der Waals surface area contributed by atoms with Gasteiger partial charge in [0.2, 0.25) is 0 Å². The fourth-order valence-electron chi connectivity index (χ4n) is 2.63. The maximum atomic E-state index is 12.6. The Morgan fingerprint density at radius 1 is 1.23 bits per heavy atom. The molecule has 1 N–H and O–H groups in total. The first kappa shape index (κ1) is 22.5. The van der Waals surface area contributed by atoms with Crippen molar-refractivity contribution in [2.75, 3.05) is 6.61 Å². The number of rotatable bonds is 6. The van der Waals surface area contributed by atoms with Crippen LogP contribution in [0.25, 0.3) is 10.9 Å². The second kappa shape index (κ2) is 9.73. The summed E-state index contributed by atoms with van der Waals surface area (Å²) in [5.41, 5.74) is 0.000400. The number of aromatic amines is 1. The van der Waals surface area contributed by atoms with Crippen LogP contribution in [0.2, 0.25) is 0 Å². The number of hydrogen-bond donors (Lipinski definition) is 1. The number of hydrogen-bond acceptors (Lipinski definition) is 6. The van der Waals surface area contributed by atoms with Gasteiger partial charge in [-0.15, -0.1) is 4.68 Å². The predicted octanol–water partition coefficient (Wildman–Crippen LogP) is 3.11. The zero-order valence-electron chi connectivity index (χ0n) is 16.0. The minimum absolute atomic E-state index is 0.281. The van der Waals surface area contributed by atoms with Gasteiger partial charge < -0.3 is 14.5 Å². The van der Waals surface area contributed by atoms with Gasteiger partial charge in [-0.3, -0.25) is 4.79 Å². The number of nitrogens with one attached hydrogen (secondary N) is 1. The standard InChI is InChI=1S/C20H17I2N3O5/c1-3-29-19(27)11(2)30-17-14(21)8-12(9-15(17)22)10-23-25-18(26)13-6-4-5-7-16(13)24-20(25)28/h4-11H,3H2,1-2H3,(H,24,28)/t11-/m0/s1. The first-order chi connectivity index (χ1) is 14.3. The lowest BCUT2D eigenvalue weighted by Crippen LogP contribution is -2.32. The number of para-hydroxylation sites is 1. The number of H-pyrrole nitrogens is 1. The maximum absolute atomic E-state index is 12.6. The van der Waals surface area contributed by atoms with Crippen LogP contribution in [0.1, 0.15) is 19.4 Å². The molecule has 3 aromatic rings. The van der Waals surface area contributed by atoms with E-state index in [2.05, 4.69) is 55.3 Å². The number of nitrogens with zero attached hydrogens (tertiary/aromatic N) is 2. The first-order valence-electron chi connectivity index (χ1n) is 8.92. The van der Waals surface area contributed by atoms with Crippen LogP contribution in [0.15, 0.2) is 51.1 Å². The number of carbonyl (C=O) groups excluding carboxylic acids is 1. The maximum Gasteiger partial charge on any atom is 0.349 e. The van der Waals surface area contributed by atoms with Gasteiger partial charge in [0, 0.05) is 0 Å². The summed E-state index contributed by atoms with van der Waals surface area (Å²) in [4.78, 5) is 39.2. The van der Waals surface area contributed by atoms with Crippen LogP contribution in [0, 0.1) is 7.14 Å². The molecule has 3 rings (SSSR count). The van der Waals surface area contributed by atoms with Crippen LogP contribution in [-0.2, 0) is 9.53 Å². The van der Waals surface area contributed by atoms with Gasteiger partial charge in [-0.25, -0.2) is 9.59 Å². The summed E-state index contributed by atoms with van der Waals surface area (Å²) < 4.78 is 13.0. The van der Waals surface area contributed by atoms with Crippen molar-refractivity contribution in [3.63, 3.8) is 0 Å². The van der Waals surface area contributed by atoms with E-state index < -0.39 is 23.3 Å². The van der Waals surface area contributed by atoms with Crippen LogP contribution in [0.5, 0.6) is 5.75 Å². The van der Waals surface area contributed by atoms with Crippen LogP contribution in [0.3, 0.4) is 0 Å². The van der Waals surface area contributed by atoms with E-state index in [9.17, 15) is 14.4 Å². The van der Waals surface area contributed by atoms with Gasteiger partial charge in [0.15, 0.2) is 6.10 Å². The number of benzene rings is 2. The molecule has 10 heteroatoms. The quantitative estimate of drug-likeness (QED) is 0.256. The van der Waals surface area contributed by atoms with E-state index in [4.69, 9.17) is 9.47 Å². The van der Waals surface area contributed by atoms with Gasteiger partial charge in [-0.2, -0.15) is 5.10 Å². The first-order valence-corrected chi connectivity index (χ1v) is 11.1. The summed E-state index contributed by atoms with van der Waals surface area (Å²) in [5, 5.41) is 4.44. The third-order valence-electron chi connectivity index (χ3n) is 4.04. The minimum Gasteiger partial charge on any atom is -0.477 e. The highest BCUT2D eigenvalue weighted by atomic mass is 127. The van der Waals surface area contributed by atoms with Crippen LogP contribution in [0.4, 0.5) is 0 Å². The molecule has 0 aliphatic heterocycles. The zero-order chi connectivity index (χ0) is 21.8. The van der Waals surface area contributed by atoms with Gasteiger partial charge in [0.05, 0.1) is 30.9 Å². The highest BCUT2D eigenvalue weighted by Crippen LogP contribution is 2.29. The molecule has 0 amide bonds. The van der Waals surface area contributed by atoms with Crippen molar-refractivity contribution in [1.82, 2.24) is 9.66 Å². The Kier molecular flexibility index (Phi) is 7.28. The molecular weight excluding hydrogens is 616 g/mol. The zero-order valence-corrected chi connectivity index (χ0v) is 20.3. The SMILES string of the molecule is CCOC(=O)[C@H](C)Oc1c(I)cc(C=Nn2c(=O)[nH]c3ccccc3c2=O)cc1I. The number of esters is 1. The Bertz CT molecular complexity index is 1230. The van der Waals surface area contributed by atoms with Crippen molar-refractivity contribution >= 4 is 68.3 Å². The summed E-state index contributed by atoms with van der Waals surface area (Å²) in [6, 6.07) is 10.3. The van der Waals surface area contributed by atoms with E-state index in [0.717, 1.165) is 11.8 Å². The number of halogens is 2. The highest BCUT2D eigenvalue weighted by Gasteiger charge is 2.19. The molecule has 1 aromatic heterocycles. The predicted molar refractivity (Wildman–Crippen MR) is 130 cm³/mol. The third-order valence-corrected chi connectivity index (χ3v) is 5.64. The smallest absolute Gasteiger partial charge is 0.349 e. The van der Waals surface area contributed by atoms with E-state index >= 15 is 0 Å². The molecule has 0 unspecified atom stereocenters. The average molecular weight is 633 g/mol. The number of fused-ring (bicyclic) bond motifs is 1. The number of ether oxygens (including phenoxy) is 2. The molecule has 8 nitrogen and oxygen atoms in total. The largest absolute Gasteiger partial charge is 0.477 e. The van der Waals surface area contributed by atoms with Gasteiger partial charge in [-0.1, -0.05) is 12.1 Å². The van der Waals surface area contributed by atoms with Crippen molar-refractivity contribution in [1.29, 1.82) is 0 Å². The van der Waals surface area contributed by atoms with Crippen molar-refractivity contribution < 1.29 is 14.3 Å². The molecule has 0 aliphatic carbocycles. The normalized spacial score (nSPS) is 12.3. The Morgan fingerprint density at radius 3 is 2.57 bits per heavy atom. The molecule has 2 aromatic carbocycles. The molecule has 0 bridgehead atoms. The lowest BCUT2D eigenvalue weighted by molar-refractivity contribution is -0.150. The Morgan fingerprint density at radius 2 is 1.90 bits per heavy atom. The van der Waals surface area contributed by atoms with Crippen LogP contribution >= 0.6 is 45.2 Å². The molecule has 1 heterocycles. The highest BCUT2D eigenvalue weighted by molar-refractivity contribution is 14.1. The molecule has 0 saturated carbocycles. The van der Waals surface area contributed by atoms with E-state index in [1.54, 1.807) is 50.2 Å². The van der Waals surface area contributed by atoms with Gasteiger partial charge >= 0.3 is 11.7 Å². The summed E-state index contributed by atoms with van der Waals surface area (Å²) in [7, 11) is 0. The molecule has 0 radical (unpaired) electrons. The fraction of sp³-hybridized carbons (Fsp3) is 0.200. The Hall–Kier alpha value is -2.22. The Balaban J connectivity index is 1.91. The van der Waals surface area contributed by atoms with Crippen LogP contribution in [-0.4, -0.2) is 34.6 Å². The Labute approximate surface area is 198 Å². The van der Waals surface area contributed by atoms with E-state index in [-0.39, 0.29) is 6.61 Å². The molecular formula is C20H17I2N3O5. The summed E-state index contributed by atoms with van der Waals surface area (Å²) in [6.45, 7) is 3.64. The van der Waals surface area contributed by atoms with E-state index in [1.807, 2.05) is 0 Å². The average Bonchev–Trinajstić information content (AvgIpc) is 2.70. The third kappa shape index (κ3) is 4.91. The molecule has 0 spiro atoms. The van der Waals surface area contributed by atoms with E-state index in [0.29, 0.717) is 22.2 Å². The van der Waals surface area contributed by atoms with Gasteiger partial charge in [-0.05, 0) is 88.9 Å². The topological polar surface area (TPSA) is 103 Å². The van der Waals surface area contributed by atoms with Crippen LogP contribution < -0.4 is 16.0 Å².